The van der Waals surface area contributed by atoms with Gasteiger partial charge in [-0.25, -0.2) is 9.67 Å². The Bertz CT molecular complexity index is 999. The molecule has 0 unspecified atom stereocenters. The maximum atomic E-state index is 11.9. The minimum Gasteiger partial charge on any atom is -0.301 e. The molecule has 0 radical (unpaired) electrons. The highest BCUT2D eigenvalue weighted by Gasteiger charge is 2.07. The number of rotatable bonds is 6. The number of thioether (sulfide) groups is 1. The van der Waals surface area contributed by atoms with Gasteiger partial charge in [-0.15, -0.1) is 21.5 Å². The van der Waals surface area contributed by atoms with Crippen molar-refractivity contribution in [3.05, 3.63) is 66.4 Å². The van der Waals surface area contributed by atoms with E-state index in [9.17, 15) is 4.79 Å². The van der Waals surface area contributed by atoms with E-state index in [1.165, 1.54) is 23.1 Å². The standard InChI is InChI=1S/C18H14N6OS2/c25-16(21-18-19-9-11-26-18)12-27-17-7-6-15(22-23-17)13-2-4-14(5-3-13)24-10-1-8-20-24/h1-11H,12H2,(H,19,21,25). The minimum atomic E-state index is -0.116. The lowest BCUT2D eigenvalue weighted by molar-refractivity contribution is -0.113. The van der Waals surface area contributed by atoms with E-state index in [0.717, 1.165) is 16.9 Å². The van der Waals surface area contributed by atoms with Gasteiger partial charge in [0.15, 0.2) is 5.13 Å². The zero-order valence-corrected chi connectivity index (χ0v) is 15.7. The first-order chi connectivity index (χ1) is 13.3. The number of hydrogen-bond donors (Lipinski definition) is 1. The Balaban J connectivity index is 1.36. The predicted octanol–water partition coefficient (Wildman–Crippen LogP) is 3.52. The molecule has 1 aromatic carbocycles. The van der Waals surface area contributed by atoms with Gasteiger partial charge < -0.3 is 5.32 Å². The topological polar surface area (TPSA) is 85.6 Å². The van der Waals surface area contributed by atoms with Gasteiger partial charge in [0.05, 0.1) is 17.1 Å². The first-order valence-electron chi connectivity index (χ1n) is 8.04. The number of nitrogens with zero attached hydrogens (tertiary/aromatic N) is 5. The number of nitrogens with one attached hydrogen (secondary N) is 1. The van der Waals surface area contributed by atoms with Gasteiger partial charge in [-0.3, -0.25) is 4.79 Å². The quantitative estimate of drug-likeness (QED) is 0.504. The van der Waals surface area contributed by atoms with Gasteiger partial charge >= 0.3 is 0 Å². The van der Waals surface area contributed by atoms with Crippen LogP contribution in [0, 0.1) is 0 Å². The number of aromatic nitrogens is 5. The molecular formula is C18H14N6OS2. The van der Waals surface area contributed by atoms with E-state index in [0.29, 0.717) is 10.2 Å². The molecule has 1 N–H and O–H groups in total. The molecule has 0 bridgehead atoms. The van der Waals surface area contributed by atoms with E-state index in [4.69, 9.17) is 0 Å². The fraction of sp³-hybridized carbons (Fsp3) is 0.0556. The van der Waals surface area contributed by atoms with Crippen molar-refractivity contribution >= 4 is 34.1 Å². The average Bonchev–Trinajstić information content (AvgIpc) is 3.41. The molecule has 0 fully saturated rings. The lowest BCUT2D eigenvalue weighted by Crippen LogP contribution is -2.13. The van der Waals surface area contributed by atoms with Crippen molar-refractivity contribution in [1.82, 2.24) is 25.0 Å². The lowest BCUT2D eigenvalue weighted by Gasteiger charge is -2.05. The lowest BCUT2D eigenvalue weighted by atomic mass is 10.1. The molecule has 0 spiro atoms. The number of carbonyl (C=O) groups excluding carboxylic acids is 1. The molecule has 4 rings (SSSR count). The van der Waals surface area contributed by atoms with E-state index in [-0.39, 0.29) is 11.7 Å². The van der Waals surface area contributed by atoms with Crippen LogP contribution in [0.3, 0.4) is 0 Å². The van der Waals surface area contributed by atoms with Crippen LogP contribution < -0.4 is 5.32 Å². The summed E-state index contributed by atoms with van der Waals surface area (Å²) in [6, 6.07) is 13.6. The number of hydrogen-bond acceptors (Lipinski definition) is 7. The van der Waals surface area contributed by atoms with Crippen LogP contribution >= 0.6 is 23.1 Å². The molecule has 3 aromatic heterocycles. The maximum Gasteiger partial charge on any atom is 0.236 e. The van der Waals surface area contributed by atoms with Crippen molar-refractivity contribution in [2.45, 2.75) is 5.03 Å². The Hall–Kier alpha value is -3.04. The highest BCUT2D eigenvalue weighted by Crippen LogP contribution is 2.21. The monoisotopic (exact) mass is 394 g/mol. The molecule has 4 aromatic rings. The van der Waals surface area contributed by atoms with Crippen LogP contribution in [-0.4, -0.2) is 36.6 Å². The molecule has 0 saturated carbocycles. The molecule has 7 nitrogen and oxygen atoms in total. The number of amides is 1. The van der Waals surface area contributed by atoms with Crippen LogP contribution in [0.15, 0.2) is 71.5 Å². The summed E-state index contributed by atoms with van der Waals surface area (Å²) in [5, 5.41) is 18.5. The Labute approximate surface area is 163 Å². The third-order valence-electron chi connectivity index (χ3n) is 3.60. The van der Waals surface area contributed by atoms with Crippen LogP contribution in [-0.2, 0) is 4.79 Å². The van der Waals surface area contributed by atoms with Gasteiger partial charge in [0.25, 0.3) is 0 Å². The second kappa shape index (κ2) is 8.11. The third kappa shape index (κ3) is 4.39. The van der Waals surface area contributed by atoms with Crippen molar-refractivity contribution < 1.29 is 4.79 Å². The van der Waals surface area contributed by atoms with Gasteiger partial charge in [0, 0.05) is 29.5 Å². The van der Waals surface area contributed by atoms with Crippen LogP contribution in [0.1, 0.15) is 0 Å². The predicted molar refractivity (Wildman–Crippen MR) is 106 cm³/mol. The van der Waals surface area contributed by atoms with E-state index in [1.54, 1.807) is 17.1 Å². The summed E-state index contributed by atoms with van der Waals surface area (Å²) in [6.45, 7) is 0. The largest absolute Gasteiger partial charge is 0.301 e. The Morgan fingerprint density at radius 1 is 1.11 bits per heavy atom. The molecule has 0 aliphatic carbocycles. The molecule has 0 atom stereocenters. The van der Waals surface area contributed by atoms with Crippen LogP contribution in [0.2, 0.25) is 0 Å². The average molecular weight is 394 g/mol. The molecule has 0 aliphatic rings. The van der Waals surface area contributed by atoms with Crippen molar-refractivity contribution in [2.24, 2.45) is 0 Å². The van der Waals surface area contributed by atoms with Crippen molar-refractivity contribution in [2.75, 3.05) is 11.1 Å². The molecule has 0 aliphatic heterocycles. The summed E-state index contributed by atoms with van der Waals surface area (Å²) in [7, 11) is 0. The van der Waals surface area contributed by atoms with Gasteiger partial charge in [0.2, 0.25) is 5.91 Å². The zero-order chi connectivity index (χ0) is 18.5. The van der Waals surface area contributed by atoms with Gasteiger partial charge in [0.1, 0.15) is 5.03 Å². The van der Waals surface area contributed by atoms with Gasteiger partial charge in [-0.2, -0.15) is 5.10 Å². The number of carbonyl (C=O) groups is 1. The Morgan fingerprint density at radius 3 is 2.67 bits per heavy atom. The normalized spacial score (nSPS) is 10.7. The number of benzene rings is 1. The first kappa shape index (κ1) is 17.4. The SMILES string of the molecule is O=C(CSc1ccc(-c2ccc(-n3cccn3)cc2)nn1)Nc1nccs1. The second-order valence-corrected chi connectivity index (χ2v) is 7.32. The maximum absolute atomic E-state index is 11.9. The molecule has 1 amide bonds. The van der Waals surface area contributed by atoms with E-state index >= 15 is 0 Å². The fourth-order valence-corrected chi connectivity index (χ4v) is 3.50. The van der Waals surface area contributed by atoms with Crippen molar-refractivity contribution in [3.63, 3.8) is 0 Å². The Kier molecular flexibility index (Phi) is 5.22. The summed E-state index contributed by atoms with van der Waals surface area (Å²) in [6.07, 6.45) is 5.29. The molecule has 0 saturated heterocycles. The van der Waals surface area contributed by atoms with Gasteiger partial charge in [-0.1, -0.05) is 23.9 Å². The number of thiazole rings is 1. The summed E-state index contributed by atoms with van der Waals surface area (Å²) < 4.78 is 1.80. The van der Waals surface area contributed by atoms with Crippen molar-refractivity contribution in [3.8, 4) is 16.9 Å². The summed E-state index contributed by atoms with van der Waals surface area (Å²) in [5.74, 6) is 0.140. The third-order valence-corrected chi connectivity index (χ3v) is 5.21. The van der Waals surface area contributed by atoms with E-state index < -0.39 is 0 Å². The minimum absolute atomic E-state index is 0.116. The number of anilines is 1. The van der Waals surface area contributed by atoms with Crippen LogP contribution in [0.25, 0.3) is 16.9 Å². The highest BCUT2D eigenvalue weighted by atomic mass is 32.2. The van der Waals surface area contributed by atoms with Crippen LogP contribution in [0.4, 0.5) is 5.13 Å². The summed E-state index contributed by atoms with van der Waals surface area (Å²) in [5.41, 5.74) is 2.73. The van der Waals surface area contributed by atoms with E-state index in [2.05, 4.69) is 25.6 Å². The van der Waals surface area contributed by atoms with Gasteiger partial charge in [-0.05, 0) is 30.3 Å². The highest BCUT2D eigenvalue weighted by molar-refractivity contribution is 7.99. The molecule has 27 heavy (non-hydrogen) atoms. The second-order valence-electron chi connectivity index (χ2n) is 5.43. The molecular weight excluding hydrogens is 380 g/mol. The van der Waals surface area contributed by atoms with Crippen LogP contribution in [0.5, 0.6) is 0 Å². The first-order valence-corrected chi connectivity index (χ1v) is 9.91. The molecule has 134 valence electrons. The summed E-state index contributed by atoms with van der Waals surface area (Å²) >= 11 is 2.72. The molecule has 9 heteroatoms. The zero-order valence-electron chi connectivity index (χ0n) is 14.0. The van der Waals surface area contributed by atoms with Crippen molar-refractivity contribution in [1.29, 1.82) is 0 Å². The summed E-state index contributed by atoms with van der Waals surface area (Å²) in [4.78, 5) is 15.9. The molecule has 3 heterocycles. The van der Waals surface area contributed by atoms with E-state index in [1.807, 2.05) is 54.0 Å². The fourth-order valence-electron chi connectivity index (χ4n) is 2.34. The smallest absolute Gasteiger partial charge is 0.236 e. The Morgan fingerprint density at radius 2 is 2.00 bits per heavy atom.